The number of rotatable bonds is 1. The van der Waals surface area contributed by atoms with Crippen LogP contribution in [0, 0.1) is 11.3 Å². The molecule has 4 nitrogen and oxygen atoms in total. The van der Waals surface area contributed by atoms with Gasteiger partial charge in [0.05, 0.1) is 0 Å². The zero-order valence-electron chi connectivity index (χ0n) is 12.1. The fourth-order valence-electron chi connectivity index (χ4n) is 3.59. The number of nitrogens with zero attached hydrogens (tertiary/aromatic N) is 1. The average molecular weight is 279 g/mol. The van der Waals surface area contributed by atoms with Gasteiger partial charge < -0.3 is 10.6 Å². The molecular formula is C16H29N3O. The van der Waals surface area contributed by atoms with E-state index in [-0.39, 0.29) is 13.3 Å². The van der Waals surface area contributed by atoms with Crippen LogP contribution in [0.25, 0.3) is 0 Å². The van der Waals surface area contributed by atoms with Crippen LogP contribution in [0.2, 0.25) is 0 Å². The second-order valence-corrected chi connectivity index (χ2v) is 7.17. The molecule has 2 heterocycles. The van der Waals surface area contributed by atoms with Crippen LogP contribution in [0.1, 0.15) is 59.8 Å². The Morgan fingerprint density at radius 3 is 2.30 bits per heavy atom. The van der Waals surface area contributed by atoms with Gasteiger partial charge >= 0.3 is 0 Å². The lowest BCUT2D eigenvalue weighted by molar-refractivity contribution is -0.124. The van der Waals surface area contributed by atoms with Crippen molar-refractivity contribution in [1.82, 2.24) is 10.6 Å². The van der Waals surface area contributed by atoms with Crippen molar-refractivity contribution in [3.05, 3.63) is 0 Å². The summed E-state index contributed by atoms with van der Waals surface area (Å²) in [6, 6.07) is 0. The van der Waals surface area contributed by atoms with Crippen molar-refractivity contribution in [3.63, 3.8) is 0 Å². The van der Waals surface area contributed by atoms with E-state index >= 15 is 0 Å². The number of carbonyl (C=O) groups excluding carboxylic acids is 1. The summed E-state index contributed by atoms with van der Waals surface area (Å²) in [5.74, 6) is 1.61. The number of aliphatic imine (C=N–C) groups is 1. The molecule has 2 fully saturated rings. The molecule has 0 atom stereocenters. The third-order valence-corrected chi connectivity index (χ3v) is 5.16. The number of hydrogen-bond donors (Lipinski definition) is 2. The zero-order chi connectivity index (χ0) is 13.5. The minimum atomic E-state index is -0.437. The van der Waals surface area contributed by atoms with Gasteiger partial charge in [0.2, 0.25) is 0 Å². The summed E-state index contributed by atoms with van der Waals surface area (Å²) in [6.45, 7) is 6.49. The lowest BCUT2D eigenvalue weighted by Crippen LogP contribution is -2.47. The molecule has 2 aliphatic heterocycles. The lowest BCUT2D eigenvalue weighted by Gasteiger charge is -2.34. The number of nitrogens with one attached hydrogen (secondary N) is 2. The summed E-state index contributed by atoms with van der Waals surface area (Å²) in [6.07, 6.45) is 6.50. The smallest absolute Gasteiger partial charge is 0.253 e. The molecule has 3 rings (SSSR count). The van der Waals surface area contributed by atoms with Crippen LogP contribution in [0.4, 0.5) is 0 Å². The Bertz CT molecular complexity index is 398. The monoisotopic (exact) mass is 279 g/mol. The number of amides is 1. The Morgan fingerprint density at radius 2 is 1.70 bits per heavy atom. The third-order valence-electron chi connectivity index (χ3n) is 5.16. The van der Waals surface area contributed by atoms with Crippen molar-refractivity contribution >= 4 is 11.7 Å². The van der Waals surface area contributed by atoms with E-state index in [4.69, 9.17) is 4.99 Å². The maximum Gasteiger partial charge on any atom is 0.253 e. The first-order valence-corrected chi connectivity index (χ1v) is 7.63. The molecule has 20 heavy (non-hydrogen) atoms. The summed E-state index contributed by atoms with van der Waals surface area (Å²) in [5, 5.41) is 6.41. The summed E-state index contributed by atoms with van der Waals surface area (Å²) >= 11 is 0. The average Bonchev–Trinajstić information content (AvgIpc) is 2.68. The van der Waals surface area contributed by atoms with Crippen LogP contribution in [0.3, 0.4) is 0 Å². The van der Waals surface area contributed by atoms with E-state index < -0.39 is 5.54 Å². The number of carbonyl (C=O) groups is 1. The topological polar surface area (TPSA) is 53.5 Å². The number of hydrogen-bond acceptors (Lipinski definition) is 3. The van der Waals surface area contributed by atoms with E-state index in [1.54, 1.807) is 0 Å². The van der Waals surface area contributed by atoms with Crippen molar-refractivity contribution in [2.24, 2.45) is 16.3 Å². The van der Waals surface area contributed by atoms with Crippen LogP contribution in [0.15, 0.2) is 4.99 Å². The number of amidine groups is 1. The van der Waals surface area contributed by atoms with Crippen molar-refractivity contribution in [2.45, 2.75) is 65.3 Å². The highest BCUT2D eigenvalue weighted by molar-refractivity contribution is 6.09. The third kappa shape index (κ3) is 2.76. The van der Waals surface area contributed by atoms with Gasteiger partial charge in [-0.2, -0.15) is 0 Å². The Hall–Kier alpha value is -0.900. The standard InChI is InChI=1S/C15H25N3O.CH4/c1-14(2)5-3-11(4-6-14)12-17-13(19)15(18-12)7-9-16-10-8-15;/h11,16H,3-10H2,1-2H3,(H,17,18,19);1H4. The second kappa shape index (κ2) is 5.47. The molecule has 1 spiro atoms. The van der Waals surface area contributed by atoms with Crippen LogP contribution in [0.5, 0.6) is 0 Å². The molecule has 0 aromatic carbocycles. The summed E-state index contributed by atoms with van der Waals surface area (Å²) in [5.41, 5.74) is 0.0274. The minimum absolute atomic E-state index is 0. The van der Waals surface area contributed by atoms with Crippen molar-refractivity contribution in [3.8, 4) is 0 Å². The van der Waals surface area contributed by atoms with E-state index in [9.17, 15) is 4.79 Å². The van der Waals surface area contributed by atoms with Crippen LogP contribution in [-0.4, -0.2) is 30.4 Å². The highest BCUT2D eigenvalue weighted by Crippen LogP contribution is 2.40. The van der Waals surface area contributed by atoms with E-state index in [0.29, 0.717) is 11.3 Å². The van der Waals surface area contributed by atoms with Gasteiger partial charge in [-0.1, -0.05) is 21.3 Å². The molecule has 0 radical (unpaired) electrons. The van der Waals surface area contributed by atoms with E-state index in [2.05, 4.69) is 24.5 Å². The Labute approximate surface area is 122 Å². The van der Waals surface area contributed by atoms with Gasteiger partial charge in [0.25, 0.3) is 5.91 Å². The number of piperidine rings is 1. The molecular weight excluding hydrogens is 250 g/mol. The summed E-state index contributed by atoms with van der Waals surface area (Å²) in [7, 11) is 0. The largest absolute Gasteiger partial charge is 0.317 e. The first kappa shape index (κ1) is 15.5. The molecule has 0 unspecified atom stereocenters. The molecule has 1 saturated heterocycles. The zero-order valence-corrected chi connectivity index (χ0v) is 12.1. The molecule has 0 bridgehead atoms. The van der Waals surface area contributed by atoms with E-state index in [0.717, 1.165) is 31.8 Å². The van der Waals surface area contributed by atoms with Gasteiger partial charge in [0.1, 0.15) is 11.4 Å². The van der Waals surface area contributed by atoms with Crippen molar-refractivity contribution < 1.29 is 4.79 Å². The molecule has 2 N–H and O–H groups in total. The van der Waals surface area contributed by atoms with Gasteiger partial charge in [0, 0.05) is 5.92 Å². The van der Waals surface area contributed by atoms with Crippen LogP contribution >= 0.6 is 0 Å². The molecule has 1 aliphatic carbocycles. The highest BCUT2D eigenvalue weighted by Gasteiger charge is 2.46. The van der Waals surface area contributed by atoms with Crippen LogP contribution < -0.4 is 10.6 Å². The molecule has 3 aliphatic rings. The molecule has 4 heteroatoms. The Kier molecular flexibility index (Phi) is 4.24. The fourth-order valence-corrected chi connectivity index (χ4v) is 3.59. The fraction of sp³-hybridized carbons (Fsp3) is 0.875. The van der Waals surface area contributed by atoms with E-state index in [1.165, 1.54) is 25.7 Å². The molecule has 0 aromatic heterocycles. The Morgan fingerprint density at radius 1 is 1.10 bits per heavy atom. The predicted molar refractivity (Wildman–Crippen MR) is 82.9 cm³/mol. The molecule has 1 amide bonds. The highest BCUT2D eigenvalue weighted by atomic mass is 16.2. The maximum absolute atomic E-state index is 12.3. The molecule has 0 aromatic rings. The first-order valence-electron chi connectivity index (χ1n) is 7.63. The van der Waals surface area contributed by atoms with Gasteiger partial charge in [-0.15, -0.1) is 0 Å². The first-order chi connectivity index (χ1) is 9.01. The van der Waals surface area contributed by atoms with Crippen LogP contribution in [-0.2, 0) is 4.79 Å². The van der Waals surface area contributed by atoms with Crippen molar-refractivity contribution in [1.29, 1.82) is 0 Å². The Balaban J connectivity index is 0.00000147. The maximum atomic E-state index is 12.3. The lowest BCUT2D eigenvalue weighted by atomic mass is 9.73. The molecule has 1 saturated carbocycles. The molecule has 114 valence electrons. The summed E-state index contributed by atoms with van der Waals surface area (Å²) in [4.78, 5) is 17.1. The SMILES string of the molecule is C.CC1(C)CCC(C2=NC3(CCNCC3)C(=O)N2)CC1. The summed E-state index contributed by atoms with van der Waals surface area (Å²) < 4.78 is 0. The quantitative estimate of drug-likeness (QED) is 0.775. The van der Waals surface area contributed by atoms with Gasteiger partial charge in [0.15, 0.2) is 0 Å². The van der Waals surface area contributed by atoms with Gasteiger partial charge in [-0.25, -0.2) is 0 Å². The van der Waals surface area contributed by atoms with Gasteiger partial charge in [-0.3, -0.25) is 9.79 Å². The van der Waals surface area contributed by atoms with E-state index in [1.807, 2.05) is 0 Å². The normalized spacial score (nSPS) is 28.7. The van der Waals surface area contributed by atoms with Crippen molar-refractivity contribution in [2.75, 3.05) is 13.1 Å². The predicted octanol–water partition coefficient (Wildman–Crippen LogP) is 2.49. The second-order valence-electron chi connectivity index (χ2n) is 7.17. The van der Waals surface area contributed by atoms with Gasteiger partial charge in [-0.05, 0) is 57.0 Å². The minimum Gasteiger partial charge on any atom is -0.317 e.